The summed E-state index contributed by atoms with van der Waals surface area (Å²) in [4.78, 5) is 0.146. The van der Waals surface area contributed by atoms with Crippen LogP contribution in [-0.4, -0.2) is 19.3 Å². The van der Waals surface area contributed by atoms with E-state index < -0.39 is 10.0 Å². The van der Waals surface area contributed by atoms with Crippen LogP contribution >= 0.6 is 23.1 Å². The molecule has 0 radical (unpaired) electrons. The van der Waals surface area contributed by atoms with Gasteiger partial charge in [-0.1, -0.05) is 54.0 Å². The fourth-order valence-electron chi connectivity index (χ4n) is 3.10. The topological polar surface area (TPSA) is 37.4 Å². The maximum Gasteiger partial charge on any atom is 0.244 e. The van der Waals surface area contributed by atoms with Crippen molar-refractivity contribution in [1.82, 2.24) is 4.31 Å². The Balaban J connectivity index is 1.79. The van der Waals surface area contributed by atoms with Gasteiger partial charge in [0.05, 0.1) is 4.91 Å². The SMILES string of the molecule is C#C/C=C(\C=C/Cc1ccccc1)S(=O)(=O)N(CCC1=CSC=CC1)Cc1ccsc1. The molecule has 0 amide bonds. The van der Waals surface area contributed by atoms with E-state index in [0.717, 1.165) is 17.5 Å². The number of rotatable bonds is 10. The first-order valence-corrected chi connectivity index (χ1v) is 13.3. The van der Waals surface area contributed by atoms with Gasteiger partial charge < -0.3 is 0 Å². The third kappa shape index (κ3) is 7.12. The van der Waals surface area contributed by atoms with Crippen LogP contribution in [0.5, 0.6) is 0 Å². The second-order valence-corrected chi connectivity index (χ2v) is 10.5. The summed E-state index contributed by atoms with van der Waals surface area (Å²) in [5, 5.41) is 8.10. The number of allylic oxidation sites excluding steroid dienone is 4. The van der Waals surface area contributed by atoms with Crippen LogP contribution in [-0.2, 0) is 23.0 Å². The number of thioether (sulfide) groups is 1. The first kappa shape index (κ1) is 23.4. The predicted octanol–water partition coefficient (Wildman–Crippen LogP) is 6.12. The maximum absolute atomic E-state index is 13.5. The van der Waals surface area contributed by atoms with Crippen LogP contribution in [0.15, 0.2) is 92.8 Å². The standard InChI is InChI=1S/C25H25NO2S3/c1-2-8-25(13-6-11-22-9-4-3-5-10-22)31(27,28)26(19-24-15-18-30-21-24)16-14-23-12-7-17-29-20-23/h1,3-10,13,15,17-18,20-21H,11-12,14,16,19H2/b13-6-,25-8+. The second kappa shape index (κ2) is 11.9. The summed E-state index contributed by atoms with van der Waals surface area (Å²) in [6, 6.07) is 11.9. The molecule has 1 aromatic heterocycles. The lowest BCUT2D eigenvalue weighted by molar-refractivity contribution is 0.414. The average molecular weight is 468 g/mol. The summed E-state index contributed by atoms with van der Waals surface area (Å²) >= 11 is 3.20. The van der Waals surface area contributed by atoms with Gasteiger partial charge in [0, 0.05) is 19.2 Å². The van der Waals surface area contributed by atoms with Crippen molar-refractivity contribution in [2.24, 2.45) is 0 Å². The number of terminal acetylenes is 1. The Morgan fingerprint density at radius 2 is 2.03 bits per heavy atom. The van der Waals surface area contributed by atoms with Crippen LogP contribution in [0.25, 0.3) is 0 Å². The van der Waals surface area contributed by atoms with Gasteiger partial charge in [0.15, 0.2) is 0 Å². The highest BCUT2D eigenvalue weighted by Gasteiger charge is 2.26. The molecule has 160 valence electrons. The average Bonchev–Trinajstić information content (AvgIpc) is 3.30. The fourth-order valence-corrected chi connectivity index (χ4v) is 5.89. The summed E-state index contributed by atoms with van der Waals surface area (Å²) in [5.41, 5.74) is 3.33. The third-order valence-corrected chi connectivity index (χ3v) is 8.14. The van der Waals surface area contributed by atoms with Gasteiger partial charge in [-0.05, 0) is 64.1 Å². The van der Waals surface area contributed by atoms with E-state index in [1.165, 1.54) is 16.0 Å². The molecule has 2 heterocycles. The number of hydrogen-bond acceptors (Lipinski definition) is 4. The molecule has 0 unspecified atom stereocenters. The van der Waals surface area contributed by atoms with Crippen molar-refractivity contribution in [3.8, 4) is 12.3 Å². The molecule has 0 spiro atoms. The molecule has 0 fully saturated rings. The monoisotopic (exact) mass is 467 g/mol. The number of thiophene rings is 1. The summed E-state index contributed by atoms with van der Waals surface area (Å²) in [6.07, 6.45) is 14.6. The van der Waals surface area contributed by atoms with E-state index in [-0.39, 0.29) is 4.91 Å². The molecule has 0 saturated carbocycles. The molecule has 31 heavy (non-hydrogen) atoms. The molecule has 2 aromatic rings. The molecule has 0 saturated heterocycles. The molecular formula is C25H25NO2S3. The molecule has 1 aliphatic rings. The molecule has 1 aliphatic heterocycles. The lowest BCUT2D eigenvalue weighted by Crippen LogP contribution is -2.32. The molecule has 3 nitrogen and oxygen atoms in total. The largest absolute Gasteiger partial charge is 0.244 e. The smallest absolute Gasteiger partial charge is 0.207 e. The van der Waals surface area contributed by atoms with Gasteiger partial charge in [-0.2, -0.15) is 15.6 Å². The molecule has 6 heteroatoms. The zero-order valence-corrected chi connectivity index (χ0v) is 19.6. The van der Waals surface area contributed by atoms with Crippen molar-refractivity contribution in [3.63, 3.8) is 0 Å². The Morgan fingerprint density at radius 1 is 1.19 bits per heavy atom. The molecule has 0 aliphatic carbocycles. The molecular weight excluding hydrogens is 442 g/mol. The first-order valence-electron chi connectivity index (χ1n) is 9.96. The first-order chi connectivity index (χ1) is 15.1. The minimum absolute atomic E-state index is 0.146. The Kier molecular flexibility index (Phi) is 8.98. The number of nitrogens with zero attached hydrogens (tertiary/aromatic N) is 1. The Morgan fingerprint density at radius 3 is 2.71 bits per heavy atom. The van der Waals surface area contributed by atoms with E-state index in [1.807, 2.05) is 53.2 Å². The molecule has 3 rings (SSSR count). The summed E-state index contributed by atoms with van der Waals surface area (Å²) in [6.45, 7) is 0.739. The van der Waals surface area contributed by atoms with Crippen molar-refractivity contribution in [1.29, 1.82) is 0 Å². The molecule has 0 N–H and O–H groups in total. The van der Waals surface area contributed by atoms with Gasteiger partial charge in [0.25, 0.3) is 0 Å². The third-order valence-electron chi connectivity index (χ3n) is 4.75. The normalized spacial score (nSPS) is 14.7. The van der Waals surface area contributed by atoms with E-state index in [2.05, 4.69) is 22.8 Å². The van der Waals surface area contributed by atoms with Gasteiger partial charge in [0.2, 0.25) is 10.0 Å². The van der Waals surface area contributed by atoms with Crippen molar-refractivity contribution in [2.75, 3.05) is 6.54 Å². The number of sulfonamides is 1. The van der Waals surface area contributed by atoms with Crippen LogP contribution in [0.1, 0.15) is 24.0 Å². The van der Waals surface area contributed by atoms with Crippen LogP contribution in [0, 0.1) is 12.3 Å². The van der Waals surface area contributed by atoms with Crippen molar-refractivity contribution in [3.05, 3.63) is 104 Å². The minimum atomic E-state index is -3.74. The van der Waals surface area contributed by atoms with Gasteiger partial charge in [-0.15, -0.1) is 18.2 Å². The van der Waals surface area contributed by atoms with Gasteiger partial charge in [-0.3, -0.25) is 0 Å². The van der Waals surface area contributed by atoms with Crippen molar-refractivity contribution >= 4 is 33.1 Å². The maximum atomic E-state index is 13.5. The molecule has 0 atom stereocenters. The highest BCUT2D eigenvalue weighted by molar-refractivity contribution is 8.05. The van der Waals surface area contributed by atoms with Gasteiger partial charge >= 0.3 is 0 Å². The van der Waals surface area contributed by atoms with Crippen LogP contribution in [0.2, 0.25) is 0 Å². The Bertz CT molecular complexity index is 1100. The lowest BCUT2D eigenvalue weighted by Gasteiger charge is -2.23. The second-order valence-electron chi connectivity index (χ2n) is 7.01. The highest BCUT2D eigenvalue weighted by Crippen LogP contribution is 2.25. The van der Waals surface area contributed by atoms with Crippen molar-refractivity contribution in [2.45, 2.75) is 25.8 Å². The fraction of sp³-hybridized carbons (Fsp3) is 0.200. The predicted molar refractivity (Wildman–Crippen MR) is 134 cm³/mol. The number of benzene rings is 1. The summed E-state index contributed by atoms with van der Waals surface area (Å²) in [5.74, 6) is 2.40. The molecule has 1 aromatic carbocycles. The van der Waals surface area contributed by atoms with E-state index in [1.54, 1.807) is 29.2 Å². The van der Waals surface area contributed by atoms with E-state index in [0.29, 0.717) is 25.9 Å². The Hall–Kier alpha value is -2.30. The lowest BCUT2D eigenvalue weighted by atomic mass is 10.1. The quantitative estimate of drug-likeness (QED) is 0.312. The van der Waals surface area contributed by atoms with E-state index in [9.17, 15) is 8.42 Å². The van der Waals surface area contributed by atoms with Crippen LogP contribution in [0.3, 0.4) is 0 Å². The van der Waals surface area contributed by atoms with Crippen LogP contribution < -0.4 is 0 Å². The highest BCUT2D eigenvalue weighted by atomic mass is 32.2. The Labute approximate surface area is 193 Å². The summed E-state index contributed by atoms with van der Waals surface area (Å²) < 4.78 is 28.6. The summed E-state index contributed by atoms with van der Waals surface area (Å²) in [7, 11) is -3.74. The molecule has 0 bridgehead atoms. The zero-order chi connectivity index (χ0) is 21.9. The van der Waals surface area contributed by atoms with Gasteiger partial charge in [0.1, 0.15) is 0 Å². The van der Waals surface area contributed by atoms with E-state index >= 15 is 0 Å². The zero-order valence-electron chi connectivity index (χ0n) is 17.2. The minimum Gasteiger partial charge on any atom is -0.207 e. The van der Waals surface area contributed by atoms with Gasteiger partial charge in [-0.25, -0.2) is 8.42 Å². The van der Waals surface area contributed by atoms with Crippen LogP contribution in [0.4, 0.5) is 0 Å². The van der Waals surface area contributed by atoms with Crippen molar-refractivity contribution < 1.29 is 8.42 Å². The number of hydrogen-bond donors (Lipinski definition) is 0. The van der Waals surface area contributed by atoms with E-state index in [4.69, 9.17) is 6.42 Å².